The fourth-order valence-electron chi connectivity index (χ4n) is 2.09. The summed E-state index contributed by atoms with van der Waals surface area (Å²) >= 11 is 0. The van der Waals surface area contributed by atoms with Gasteiger partial charge in [0.1, 0.15) is 5.75 Å². The number of rotatable bonds is 4. The van der Waals surface area contributed by atoms with E-state index in [-0.39, 0.29) is 0 Å². The Labute approximate surface area is 114 Å². The molecule has 3 heteroatoms. The summed E-state index contributed by atoms with van der Waals surface area (Å²) in [7, 11) is 3.64. The first-order valence-corrected chi connectivity index (χ1v) is 6.28. The van der Waals surface area contributed by atoms with Crippen molar-refractivity contribution in [1.82, 2.24) is 0 Å². The highest BCUT2D eigenvalue weighted by Gasteiger charge is 2.12. The molecule has 0 aromatic heterocycles. The minimum atomic E-state index is -0.489. The molecule has 2 aromatic carbocycles. The monoisotopic (exact) mass is 257 g/mol. The number of benzene rings is 2. The van der Waals surface area contributed by atoms with Crippen LogP contribution in [0.5, 0.6) is 5.75 Å². The van der Waals surface area contributed by atoms with Crippen molar-refractivity contribution in [2.45, 2.75) is 13.0 Å². The van der Waals surface area contributed by atoms with Crippen molar-refractivity contribution in [2.24, 2.45) is 0 Å². The lowest BCUT2D eigenvalue weighted by Gasteiger charge is -2.23. The van der Waals surface area contributed by atoms with E-state index >= 15 is 0 Å². The zero-order valence-electron chi connectivity index (χ0n) is 11.5. The largest absolute Gasteiger partial charge is 0.497 e. The molecule has 2 aromatic rings. The minimum absolute atomic E-state index is 0.489. The molecule has 0 saturated heterocycles. The first-order chi connectivity index (χ1) is 9.13. The summed E-state index contributed by atoms with van der Waals surface area (Å²) in [4.78, 5) is 2.06. The molecule has 1 N–H and O–H groups in total. The van der Waals surface area contributed by atoms with E-state index < -0.39 is 6.10 Å². The predicted octanol–water partition coefficient (Wildman–Crippen LogP) is 3.52. The molecule has 0 aliphatic heterocycles. The maximum Gasteiger partial charge on any atom is 0.119 e. The van der Waals surface area contributed by atoms with Gasteiger partial charge in [0.15, 0.2) is 0 Å². The summed E-state index contributed by atoms with van der Waals surface area (Å²) in [5.74, 6) is 0.834. The number of aliphatic hydroxyl groups is 1. The summed E-state index contributed by atoms with van der Waals surface area (Å²) in [5, 5.41) is 9.84. The third kappa shape index (κ3) is 2.88. The molecule has 0 spiro atoms. The predicted molar refractivity (Wildman–Crippen MR) is 78.1 cm³/mol. The Morgan fingerprint density at radius 3 is 2.26 bits per heavy atom. The molecule has 0 saturated carbocycles. The van der Waals surface area contributed by atoms with E-state index in [0.717, 1.165) is 22.7 Å². The maximum absolute atomic E-state index is 9.84. The van der Waals surface area contributed by atoms with Crippen molar-refractivity contribution in [3.8, 4) is 5.75 Å². The summed E-state index contributed by atoms with van der Waals surface area (Å²) in [6.45, 7) is 1.78. The summed E-state index contributed by atoms with van der Waals surface area (Å²) in [5.41, 5.74) is 2.97. The van der Waals surface area contributed by atoms with Crippen molar-refractivity contribution in [3.05, 3.63) is 54.1 Å². The number of para-hydroxylation sites is 1. The second-order valence-electron chi connectivity index (χ2n) is 4.49. The number of ether oxygens (including phenoxy) is 1. The van der Waals surface area contributed by atoms with Crippen LogP contribution in [-0.2, 0) is 0 Å². The van der Waals surface area contributed by atoms with Gasteiger partial charge in [-0.1, -0.05) is 18.2 Å². The fourth-order valence-corrected chi connectivity index (χ4v) is 2.09. The van der Waals surface area contributed by atoms with Gasteiger partial charge in [0, 0.05) is 24.0 Å². The first kappa shape index (κ1) is 13.4. The number of nitrogens with zero attached hydrogens (tertiary/aromatic N) is 1. The van der Waals surface area contributed by atoms with Crippen LogP contribution in [0.25, 0.3) is 0 Å². The number of methoxy groups -OCH3 is 1. The van der Waals surface area contributed by atoms with E-state index in [1.807, 2.05) is 55.6 Å². The van der Waals surface area contributed by atoms with E-state index in [9.17, 15) is 5.11 Å². The second-order valence-corrected chi connectivity index (χ2v) is 4.49. The van der Waals surface area contributed by atoms with E-state index in [4.69, 9.17) is 4.74 Å². The van der Waals surface area contributed by atoms with Gasteiger partial charge in [-0.3, -0.25) is 0 Å². The van der Waals surface area contributed by atoms with Gasteiger partial charge in [0.25, 0.3) is 0 Å². The van der Waals surface area contributed by atoms with Crippen molar-refractivity contribution >= 4 is 11.4 Å². The Kier molecular flexibility index (Phi) is 4.07. The van der Waals surface area contributed by atoms with Gasteiger partial charge in [-0.25, -0.2) is 0 Å². The molecule has 0 radical (unpaired) electrons. The van der Waals surface area contributed by atoms with Crippen molar-refractivity contribution in [2.75, 3.05) is 19.1 Å². The van der Waals surface area contributed by atoms with Crippen molar-refractivity contribution in [1.29, 1.82) is 0 Å². The highest BCUT2D eigenvalue weighted by Crippen LogP contribution is 2.31. The van der Waals surface area contributed by atoms with Crippen LogP contribution < -0.4 is 9.64 Å². The molecule has 19 heavy (non-hydrogen) atoms. The van der Waals surface area contributed by atoms with Crippen LogP contribution in [0.4, 0.5) is 11.4 Å². The molecule has 0 amide bonds. The molecule has 0 aliphatic rings. The Hall–Kier alpha value is -2.00. The van der Waals surface area contributed by atoms with Crippen LogP contribution in [0.2, 0.25) is 0 Å². The zero-order chi connectivity index (χ0) is 13.8. The number of anilines is 2. The molecular weight excluding hydrogens is 238 g/mol. The van der Waals surface area contributed by atoms with Gasteiger partial charge in [-0.05, 0) is 37.3 Å². The Balaban J connectivity index is 2.35. The SMILES string of the molecule is COc1ccc(N(C)c2ccccc2C(C)O)cc1. The molecule has 100 valence electrons. The second kappa shape index (κ2) is 5.76. The average Bonchev–Trinajstić information content (AvgIpc) is 2.46. The third-order valence-corrected chi connectivity index (χ3v) is 3.21. The average molecular weight is 257 g/mol. The molecule has 0 heterocycles. The molecular formula is C16H19NO2. The summed E-state index contributed by atoms with van der Waals surface area (Å²) < 4.78 is 5.16. The first-order valence-electron chi connectivity index (χ1n) is 6.28. The van der Waals surface area contributed by atoms with E-state index in [0.29, 0.717) is 0 Å². The molecule has 1 unspecified atom stereocenters. The maximum atomic E-state index is 9.84. The van der Waals surface area contributed by atoms with Crippen molar-refractivity contribution < 1.29 is 9.84 Å². The topological polar surface area (TPSA) is 32.7 Å². The standard InChI is InChI=1S/C16H19NO2/c1-12(18)15-6-4-5-7-16(15)17(2)13-8-10-14(19-3)11-9-13/h4-12,18H,1-3H3. The van der Waals surface area contributed by atoms with E-state index in [1.165, 1.54) is 0 Å². The zero-order valence-corrected chi connectivity index (χ0v) is 11.5. The molecule has 3 nitrogen and oxygen atoms in total. The number of hydrogen-bond donors (Lipinski definition) is 1. The van der Waals surface area contributed by atoms with Crippen LogP contribution in [-0.4, -0.2) is 19.3 Å². The number of aliphatic hydroxyl groups excluding tert-OH is 1. The number of hydrogen-bond acceptors (Lipinski definition) is 3. The third-order valence-electron chi connectivity index (χ3n) is 3.21. The molecule has 1 atom stereocenters. The quantitative estimate of drug-likeness (QED) is 0.909. The minimum Gasteiger partial charge on any atom is -0.497 e. The van der Waals surface area contributed by atoms with Gasteiger partial charge in [0.05, 0.1) is 13.2 Å². The molecule has 2 rings (SSSR count). The van der Waals surface area contributed by atoms with Gasteiger partial charge in [-0.15, -0.1) is 0 Å². The molecule has 0 fully saturated rings. The Morgan fingerprint density at radius 2 is 1.68 bits per heavy atom. The van der Waals surface area contributed by atoms with Gasteiger partial charge in [0.2, 0.25) is 0 Å². The molecule has 0 aliphatic carbocycles. The summed E-state index contributed by atoms with van der Waals surface area (Å²) in [6, 6.07) is 15.7. The Bertz CT molecular complexity index is 535. The summed E-state index contributed by atoms with van der Waals surface area (Å²) in [6.07, 6.45) is -0.489. The van der Waals surface area contributed by atoms with Gasteiger partial charge >= 0.3 is 0 Å². The van der Waals surface area contributed by atoms with Gasteiger partial charge < -0.3 is 14.7 Å². The van der Waals surface area contributed by atoms with Crippen LogP contribution in [0.3, 0.4) is 0 Å². The van der Waals surface area contributed by atoms with Gasteiger partial charge in [-0.2, -0.15) is 0 Å². The van der Waals surface area contributed by atoms with E-state index in [2.05, 4.69) is 4.90 Å². The van der Waals surface area contributed by atoms with E-state index in [1.54, 1.807) is 14.0 Å². The lowest BCUT2D eigenvalue weighted by Crippen LogP contribution is -2.12. The normalized spacial score (nSPS) is 12.0. The smallest absolute Gasteiger partial charge is 0.119 e. The Morgan fingerprint density at radius 1 is 1.05 bits per heavy atom. The van der Waals surface area contributed by atoms with Crippen LogP contribution >= 0.6 is 0 Å². The fraction of sp³-hybridized carbons (Fsp3) is 0.250. The molecule has 0 bridgehead atoms. The lowest BCUT2D eigenvalue weighted by molar-refractivity contribution is 0.200. The highest BCUT2D eigenvalue weighted by molar-refractivity contribution is 5.66. The highest BCUT2D eigenvalue weighted by atomic mass is 16.5. The lowest BCUT2D eigenvalue weighted by atomic mass is 10.1. The van der Waals surface area contributed by atoms with Crippen LogP contribution in [0, 0.1) is 0 Å². The van der Waals surface area contributed by atoms with Crippen molar-refractivity contribution in [3.63, 3.8) is 0 Å². The van der Waals surface area contributed by atoms with Crippen LogP contribution in [0.1, 0.15) is 18.6 Å². The van der Waals surface area contributed by atoms with Crippen LogP contribution in [0.15, 0.2) is 48.5 Å².